The molecule has 1 aliphatic rings. The van der Waals surface area contributed by atoms with E-state index in [9.17, 15) is 4.79 Å². The number of carbonyl (C=O) groups is 1. The normalized spacial score (nSPS) is 24.6. The van der Waals surface area contributed by atoms with Crippen molar-refractivity contribution in [3.05, 3.63) is 0 Å². The predicted molar refractivity (Wildman–Crippen MR) is 64.5 cm³/mol. The van der Waals surface area contributed by atoms with Crippen molar-refractivity contribution in [3.63, 3.8) is 0 Å². The van der Waals surface area contributed by atoms with Crippen molar-refractivity contribution in [3.8, 4) is 0 Å². The summed E-state index contributed by atoms with van der Waals surface area (Å²) in [5.74, 6) is 0.576. The maximum absolute atomic E-state index is 11.5. The lowest BCUT2D eigenvalue weighted by Crippen LogP contribution is -2.60. The molecule has 1 fully saturated rings. The summed E-state index contributed by atoms with van der Waals surface area (Å²) in [5.41, 5.74) is -0.108. The Morgan fingerprint density at radius 3 is 2.13 bits per heavy atom. The van der Waals surface area contributed by atoms with Crippen molar-refractivity contribution in [2.24, 2.45) is 17.3 Å². The lowest BCUT2D eigenvalue weighted by molar-refractivity contribution is -0.143. The molecular weight excluding hydrogens is 206 g/mol. The zero-order valence-corrected chi connectivity index (χ0v) is 12.7. The summed E-state index contributed by atoms with van der Waals surface area (Å²) >= 11 is 0. The van der Waals surface area contributed by atoms with Gasteiger partial charge in [-0.3, -0.25) is 4.79 Å². The van der Waals surface area contributed by atoms with E-state index < -0.39 is 0 Å². The van der Waals surface area contributed by atoms with E-state index in [1.54, 1.807) is 0 Å². The molecule has 0 saturated carbocycles. The van der Waals surface area contributed by atoms with Crippen LogP contribution in [0.5, 0.6) is 0 Å². The monoisotopic (exact) mass is 229 g/mol. The van der Waals surface area contributed by atoms with E-state index in [1.807, 2.05) is 0 Å². The zero-order chi connectivity index (χ0) is 11.9. The molecule has 0 aromatic rings. The van der Waals surface area contributed by atoms with Gasteiger partial charge in [-0.2, -0.15) is 0 Å². The number of carbonyl (C=O) groups excluding carboxylic acids is 1. The molecule has 0 bridgehead atoms. The lowest BCUT2D eigenvalue weighted by atomic mass is 9.63. The van der Waals surface area contributed by atoms with Crippen molar-refractivity contribution in [1.82, 2.24) is 5.32 Å². The van der Waals surface area contributed by atoms with E-state index in [-0.39, 0.29) is 28.8 Å². The highest BCUT2D eigenvalue weighted by atomic mass is 28.2. The summed E-state index contributed by atoms with van der Waals surface area (Å²) in [7, 11) is 0.713. The first-order chi connectivity index (χ1) is 6.70. The van der Waals surface area contributed by atoms with Crippen LogP contribution >= 0.6 is 0 Å². The summed E-state index contributed by atoms with van der Waals surface area (Å²) in [5, 5.41) is 2.82. The molecule has 1 saturated heterocycles. The highest BCUT2D eigenvalue weighted by molar-refractivity contribution is 5.98. The first-order valence-electron chi connectivity index (χ1n) is 5.53. The molecular formula is C11H23NO2Si. The number of hydrogen-bond donors (Lipinski definition) is 1. The molecule has 0 spiro atoms. The average molecular weight is 229 g/mol. The molecule has 3 nitrogen and oxygen atoms in total. The Morgan fingerprint density at radius 2 is 1.93 bits per heavy atom. The molecule has 15 heavy (non-hydrogen) atoms. The van der Waals surface area contributed by atoms with Gasteiger partial charge in [0.05, 0.1) is 11.5 Å². The van der Waals surface area contributed by atoms with E-state index in [0.717, 1.165) is 6.54 Å². The van der Waals surface area contributed by atoms with Crippen LogP contribution in [0.25, 0.3) is 0 Å². The van der Waals surface area contributed by atoms with Crippen LogP contribution in [0.2, 0.25) is 0 Å². The molecule has 1 aliphatic heterocycles. The summed E-state index contributed by atoms with van der Waals surface area (Å²) in [6.45, 7) is 11.6. The second-order valence-corrected chi connectivity index (χ2v) is 6.41. The highest BCUT2D eigenvalue weighted by Gasteiger charge is 2.48. The van der Waals surface area contributed by atoms with Crippen LogP contribution in [-0.4, -0.2) is 28.5 Å². The minimum Gasteiger partial charge on any atom is -0.423 e. The summed E-state index contributed by atoms with van der Waals surface area (Å²) < 4.78 is 5.69. The highest BCUT2D eigenvalue weighted by Crippen LogP contribution is 2.43. The van der Waals surface area contributed by atoms with Crippen LogP contribution in [0, 0.1) is 17.3 Å². The fraction of sp³-hybridized carbons (Fsp3) is 0.909. The smallest absolute Gasteiger partial charge is 0.225 e. The van der Waals surface area contributed by atoms with Gasteiger partial charge in [0.25, 0.3) is 0 Å². The Balaban J connectivity index is 2.93. The maximum atomic E-state index is 11.5. The zero-order valence-electron chi connectivity index (χ0n) is 10.7. The van der Waals surface area contributed by atoms with Crippen LogP contribution in [0.3, 0.4) is 0 Å². The molecule has 0 aromatic carbocycles. The quantitative estimate of drug-likeness (QED) is 0.564. The van der Waals surface area contributed by atoms with Crippen molar-refractivity contribution in [2.75, 3.05) is 6.54 Å². The Bertz CT molecular complexity index is 258. The van der Waals surface area contributed by atoms with E-state index >= 15 is 0 Å². The van der Waals surface area contributed by atoms with E-state index in [1.165, 1.54) is 0 Å². The number of hydrogen-bond acceptors (Lipinski definition) is 2. The molecule has 88 valence electrons. The molecule has 0 radical (unpaired) electrons. The molecule has 2 atom stereocenters. The van der Waals surface area contributed by atoms with Crippen molar-refractivity contribution >= 4 is 16.4 Å². The van der Waals surface area contributed by atoms with Gasteiger partial charge in [0.2, 0.25) is 5.91 Å². The number of amides is 1. The molecule has 1 N–H and O–H groups in total. The van der Waals surface area contributed by atoms with Gasteiger partial charge in [0.1, 0.15) is 10.5 Å². The fourth-order valence-electron chi connectivity index (χ4n) is 2.83. The molecule has 4 heteroatoms. The van der Waals surface area contributed by atoms with Gasteiger partial charge in [0, 0.05) is 12.5 Å². The first-order valence-corrected chi connectivity index (χ1v) is 6.34. The largest absolute Gasteiger partial charge is 0.423 e. The Labute approximate surface area is 95.5 Å². The minimum atomic E-state index is -0.201. The van der Waals surface area contributed by atoms with Crippen LogP contribution in [0.15, 0.2) is 0 Å². The van der Waals surface area contributed by atoms with Gasteiger partial charge in [-0.05, 0) is 19.3 Å². The van der Waals surface area contributed by atoms with Crippen LogP contribution in [0.4, 0.5) is 0 Å². The minimum absolute atomic E-state index is 0.0936. The molecule has 1 amide bonds. The second-order valence-electron chi connectivity index (χ2n) is 6.00. The third-order valence-electron chi connectivity index (χ3n) is 3.44. The summed E-state index contributed by atoms with van der Waals surface area (Å²) in [6, 6.07) is 0. The van der Waals surface area contributed by atoms with E-state index in [4.69, 9.17) is 4.43 Å². The fourth-order valence-corrected chi connectivity index (χ4v) is 3.08. The maximum Gasteiger partial charge on any atom is 0.225 e. The predicted octanol–water partition coefficient (Wildman–Crippen LogP) is 0.470. The Kier molecular flexibility index (Phi) is 3.31. The van der Waals surface area contributed by atoms with E-state index in [0.29, 0.717) is 10.5 Å². The van der Waals surface area contributed by atoms with Gasteiger partial charge in [-0.25, -0.2) is 0 Å². The SMILES string of the molecule is CC(C)(C)C([C@@H]1CNC1=O)C(C)(C)O[SiH3]. The van der Waals surface area contributed by atoms with Gasteiger partial charge < -0.3 is 9.74 Å². The second kappa shape index (κ2) is 3.90. The standard InChI is InChI=1S/C11H23NO2Si/c1-10(2,3)8(11(4,5)14-15)7-6-12-9(7)13/h7-8H,6H2,1-5,15H3,(H,12,13)/t7-,8?/m0/s1. The topological polar surface area (TPSA) is 38.3 Å². The molecule has 1 heterocycles. The Hall–Kier alpha value is -0.353. The van der Waals surface area contributed by atoms with Crippen LogP contribution in [-0.2, 0) is 9.22 Å². The van der Waals surface area contributed by atoms with Gasteiger partial charge in [0.15, 0.2) is 0 Å². The van der Waals surface area contributed by atoms with Gasteiger partial charge >= 0.3 is 0 Å². The molecule has 0 aliphatic carbocycles. The van der Waals surface area contributed by atoms with Crippen molar-refractivity contribution < 1.29 is 9.22 Å². The summed E-state index contributed by atoms with van der Waals surface area (Å²) in [4.78, 5) is 11.5. The Morgan fingerprint density at radius 1 is 1.40 bits per heavy atom. The number of rotatable bonds is 3. The average Bonchev–Trinajstić information content (AvgIpc) is 2.09. The number of nitrogens with one attached hydrogen (secondary N) is 1. The first kappa shape index (κ1) is 12.7. The third-order valence-corrected chi connectivity index (χ3v) is 4.50. The van der Waals surface area contributed by atoms with Gasteiger partial charge in [-0.15, -0.1) is 0 Å². The lowest BCUT2D eigenvalue weighted by Gasteiger charge is -2.49. The van der Waals surface area contributed by atoms with Crippen LogP contribution in [0.1, 0.15) is 34.6 Å². The molecule has 1 rings (SSSR count). The van der Waals surface area contributed by atoms with Crippen molar-refractivity contribution in [2.45, 2.75) is 40.2 Å². The molecule has 0 aromatic heterocycles. The van der Waals surface area contributed by atoms with E-state index in [2.05, 4.69) is 39.9 Å². The van der Waals surface area contributed by atoms with Gasteiger partial charge in [-0.1, -0.05) is 20.8 Å². The third kappa shape index (κ3) is 2.42. The van der Waals surface area contributed by atoms with Crippen LogP contribution < -0.4 is 5.32 Å². The molecule has 1 unspecified atom stereocenters. The van der Waals surface area contributed by atoms with Crippen molar-refractivity contribution in [1.29, 1.82) is 0 Å². The summed E-state index contributed by atoms with van der Waals surface area (Å²) in [6.07, 6.45) is 0. The number of β-lactam (4-membered cyclic amide) rings is 1.